The first-order chi connectivity index (χ1) is 10.4. The summed E-state index contributed by atoms with van der Waals surface area (Å²) < 4.78 is 1.16. The molecule has 122 valence electrons. The Bertz CT molecular complexity index is 481. The van der Waals surface area contributed by atoms with Gasteiger partial charge < -0.3 is 15.1 Å². The van der Waals surface area contributed by atoms with E-state index in [1.807, 2.05) is 0 Å². The van der Waals surface area contributed by atoms with Gasteiger partial charge in [0.15, 0.2) is 0 Å². The SMILES string of the molecule is CN1CCCN(Cc2ccc(Br)cc2)CC1.O=C(O)C(=O)O. The molecule has 2 rings (SSSR count). The fourth-order valence-corrected chi connectivity index (χ4v) is 2.37. The number of halogens is 1. The molecule has 6 nitrogen and oxygen atoms in total. The average molecular weight is 373 g/mol. The molecule has 2 N–H and O–H groups in total. The van der Waals surface area contributed by atoms with Crippen LogP contribution in [0.4, 0.5) is 0 Å². The molecule has 0 unspecified atom stereocenters. The van der Waals surface area contributed by atoms with Crippen LogP contribution < -0.4 is 0 Å². The van der Waals surface area contributed by atoms with Crippen molar-refractivity contribution in [3.8, 4) is 0 Å². The van der Waals surface area contributed by atoms with Gasteiger partial charge in [0.25, 0.3) is 0 Å². The molecule has 0 aromatic heterocycles. The predicted octanol–water partition coefficient (Wildman–Crippen LogP) is 1.74. The maximum atomic E-state index is 9.10. The number of aliphatic carboxylic acids is 2. The van der Waals surface area contributed by atoms with Gasteiger partial charge in [-0.15, -0.1) is 0 Å². The van der Waals surface area contributed by atoms with Crippen LogP contribution in [0.1, 0.15) is 12.0 Å². The maximum absolute atomic E-state index is 9.10. The van der Waals surface area contributed by atoms with E-state index in [-0.39, 0.29) is 0 Å². The van der Waals surface area contributed by atoms with E-state index in [2.05, 4.69) is 57.0 Å². The van der Waals surface area contributed by atoms with Crippen LogP contribution in [0.15, 0.2) is 28.7 Å². The van der Waals surface area contributed by atoms with Crippen molar-refractivity contribution in [3.63, 3.8) is 0 Å². The molecule has 0 saturated carbocycles. The highest BCUT2D eigenvalue weighted by atomic mass is 79.9. The fourth-order valence-electron chi connectivity index (χ4n) is 2.11. The van der Waals surface area contributed by atoms with Gasteiger partial charge in [-0.25, -0.2) is 9.59 Å². The third kappa shape index (κ3) is 7.53. The van der Waals surface area contributed by atoms with E-state index in [9.17, 15) is 0 Å². The summed E-state index contributed by atoms with van der Waals surface area (Å²) in [5, 5.41) is 14.8. The van der Waals surface area contributed by atoms with E-state index < -0.39 is 11.9 Å². The van der Waals surface area contributed by atoms with Gasteiger partial charge in [0.05, 0.1) is 0 Å². The summed E-state index contributed by atoms with van der Waals surface area (Å²) in [6, 6.07) is 8.66. The van der Waals surface area contributed by atoms with Gasteiger partial charge in [-0.05, 0) is 44.3 Å². The number of carbonyl (C=O) groups is 2. The van der Waals surface area contributed by atoms with Crippen LogP contribution in [-0.2, 0) is 16.1 Å². The lowest BCUT2D eigenvalue weighted by Crippen LogP contribution is -2.28. The molecule has 0 aliphatic carbocycles. The smallest absolute Gasteiger partial charge is 0.414 e. The summed E-state index contributed by atoms with van der Waals surface area (Å²) in [5.74, 6) is -3.65. The van der Waals surface area contributed by atoms with Crippen molar-refractivity contribution in [2.75, 3.05) is 33.2 Å². The van der Waals surface area contributed by atoms with E-state index in [1.165, 1.54) is 38.2 Å². The number of rotatable bonds is 2. The number of hydrogen-bond donors (Lipinski definition) is 2. The van der Waals surface area contributed by atoms with Gasteiger partial charge in [-0.3, -0.25) is 4.90 Å². The van der Waals surface area contributed by atoms with E-state index in [4.69, 9.17) is 19.8 Å². The Hall–Kier alpha value is -1.44. The Labute approximate surface area is 138 Å². The second-order valence-electron chi connectivity index (χ2n) is 5.17. The molecule has 1 heterocycles. The van der Waals surface area contributed by atoms with Gasteiger partial charge in [-0.1, -0.05) is 28.1 Å². The van der Waals surface area contributed by atoms with Crippen molar-refractivity contribution in [3.05, 3.63) is 34.3 Å². The highest BCUT2D eigenvalue weighted by molar-refractivity contribution is 9.10. The van der Waals surface area contributed by atoms with E-state index in [0.717, 1.165) is 11.0 Å². The first kappa shape index (κ1) is 18.6. The maximum Gasteiger partial charge on any atom is 0.414 e. The average Bonchev–Trinajstić information content (AvgIpc) is 2.67. The van der Waals surface area contributed by atoms with Gasteiger partial charge >= 0.3 is 11.9 Å². The lowest BCUT2D eigenvalue weighted by atomic mass is 10.2. The molecule has 7 heteroatoms. The first-order valence-corrected chi connectivity index (χ1v) is 7.79. The van der Waals surface area contributed by atoms with Gasteiger partial charge in [-0.2, -0.15) is 0 Å². The molecule has 0 bridgehead atoms. The molecular formula is C15H21BrN2O4. The second-order valence-corrected chi connectivity index (χ2v) is 6.09. The Balaban J connectivity index is 0.000000346. The number of benzene rings is 1. The van der Waals surface area contributed by atoms with Gasteiger partial charge in [0, 0.05) is 24.1 Å². The molecule has 1 fully saturated rings. The third-order valence-corrected chi connectivity index (χ3v) is 3.84. The second kappa shape index (κ2) is 9.55. The summed E-state index contributed by atoms with van der Waals surface area (Å²) in [5.41, 5.74) is 1.41. The standard InChI is InChI=1S/C13H19BrN2.C2H2O4/c1-15-7-2-8-16(10-9-15)11-12-3-5-13(14)6-4-12;3-1(4)2(5)6/h3-6H,2,7-11H2,1H3;(H,3,4)(H,5,6). The van der Waals surface area contributed by atoms with Gasteiger partial charge in [0.2, 0.25) is 0 Å². The summed E-state index contributed by atoms with van der Waals surface area (Å²) in [4.78, 5) is 23.2. The van der Waals surface area contributed by atoms with Crippen LogP contribution in [-0.4, -0.2) is 65.2 Å². The Morgan fingerprint density at radius 2 is 1.64 bits per heavy atom. The summed E-state index contributed by atoms with van der Waals surface area (Å²) >= 11 is 3.47. The van der Waals surface area contributed by atoms with E-state index in [0.29, 0.717) is 0 Å². The number of nitrogens with zero attached hydrogens (tertiary/aromatic N) is 2. The zero-order valence-corrected chi connectivity index (χ0v) is 14.1. The van der Waals surface area contributed by atoms with Crippen molar-refractivity contribution in [2.24, 2.45) is 0 Å². The van der Waals surface area contributed by atoms with Crippen LogP contribution in [0.5, 0.6) is 0 Å². The minimum atomic E-state index is -1.82. The van der Waals surface area contributed by atoms with Crippen molar-refractivity contribution >= 4 is 27.9 Å². The topological polar surface area (TPSA) is 81.1 Å². The highest BCUT2D eigenvalue weighted by Gasteiger charge is 2.11. The summed E-state index contributed by atoms with van der Waals surface area (Å²) in [7, 11) is 2.21. The largest absolute Gasteiger partial charge is 0.473 e. The normalized spacial score (nSPS) is 16.3. The minimum absolute atomic E-state index is 1.08. The molecule has 22 heavy (non-hydrogen) atoms. The molecule has 0 spiro atoms. The molecule has 1 aliphatic heterocycles. The van der Waals surface area contributed by atoms with Crippen LogP contribution >= 0.6 is 15.9 Å². The van der Waals surface area contributed by atoms with Crippen LogP contribution in [0.2, 0.25) is 0 Å². The Morgan fingerprint density at radius 1 is 1.05 bits per heavy atom. The molecule has 0 atom stereocenters. The van der Waals surface area contributed by atoms with Crippen molar-refractivity contribution in [1.29, 1.82) is 0 Å². The van der Waals surface area contributed by atoms with Crippen LogP contribution in [0.3, 0.4) is 0 Å². The third-order valence-electron chi connectivity index (χ3n) is 3.31. The molecule has 0 amide bonds. The number of carboxylic acid groups (broad SMARTS) is 2. The number of hydrogen-bond acceptors (Lipinski definition) is 4. The Morgan fingerprint density at radius 3 is 2.18 bits per heavy atom. The van der Waals surface area contributed by atoms with Crippen molar-refractivity contribution in [2.45, 2.75) is 13.0 Å². The Kier molecular flexibility index (Phi) is 8.08. The van der Waals surface area contributed by atoms with Crippen LogP contribution in [0.25, 0.3) is 0 Å². The zero-order valence-electron chi connectivity index (χ0n) is 12.5. The molecular weight excluding hydrogens is 352 g/mol. The van der Waals surface area contributed by atoms with Crippen LogP contribution in [0, 0.1) is 0 Å². The van der Waals surface area contributed by atoms with E-state index >= 15 is 0 Å². The zero-order chi connectivity index (χ0) is 16.5. The monoisotopic (exact) mass is 372 g/mol. The molecule has 1 saturated heterocycles. The number of carboxylic acids is 2. The lowest BCUT2D eigenvalue weighted by molar-refractivity contribution is -0.159. The minimum Gasteiger partial charge on any atom is -0.473 e. The molecule has 1 aliphatic rings. The molecule has 1 aromatic carbocycles. The lowest BCUT2D eigenvalue weighted by Gasteiger charge is -2.20. The van der Waals surface area contributed by atoms with Crippen molar-refractivity contribution in [1.82, 2.24) is 9.80 Å². The first-order valence-electron chi connectivity index (χ1n) is 7.00. The van der Waals surface area contributed by atoms with Gasteiger partial charge in [0.1, 0.15) is 0 Å². The summed E-state index contributed by atoms with van der Waals surface area (Å²) in [6.45, 7) is 5.92. The van der Waals surface area contributed by atoms with Crippen molar-refractivity contribution < 1.29 is 19.8 Å². The number of likely N-dealkylation sites (N-methyl/N-ethyl adjacent to an activating group) is 1. The fraction of sp³-hybridized carbons (Fsp3) is 0.467. The van der Waals surface area contributed by atoms with E-state index in [1.54, 1.807) is 0 Å². The molecule has 0 radical (unpaired) electrons. The molecule has 1 aromatic rings. The summed E-state index contributed by atoms with van der Waals surface area (Å²) in [6.07, 6.45) is 1.28. The highest BCUT2D eigenvalue weighted by Crippen LogP contribution is 2.13. The quantitative estimate of drug-likeness (QED) is 0.769. The predicted molar refractivity (Wildman–Crippen MR) is 86.8 cm³/mol.